The normalized spacial score (nSPS) is 13.3. The Morgan fingerprint density at radius 3 is 2.81 bits per heavy atom. The third-order valence-corrected chi connectivity index (χ3v) is 4.05. The molecule has 3 heterocycles. The second kappa shape index (κ2) is 6.17. The van der Waals surface area contributed by atoms with Crippen LogP contribution < -0.4 is 10.1 Å². The maximum absolute atomic E-state index is 14.3. The first-order valence-corrected chi connectivity index (χ1v) is 7.80. The average Bonchev–Trinajstić information content (AvgIpc) is 3.10. The van der Waals surface area contributed by atoms with E-state index in [1.54, 1.807) is 16.8 Å². The van der Waals surface area contributed by atoms with Crippen LogP contribution in [0.4, 0.5) is 8.78 Å². The van der Waals surface area contributed by atoms with E-state index in [-0.39, 0.29) is 23.0 Å². The second-order valence-electron chi connectivity index (χ2n) is 5.60. The molecule has 0 saturated carbocycles. The number of carbonyl (C=O) groups is 1. The van der Waals surface area contributed by atoms with Crippen molar-refractivity contribution in [2.75, 3.05) is 13.7 Å². The molecule has 0 saturated heterocycles. The summed E-state index contributed by atoms with van der Waals surface area (Å²) in [4.78, 5) is 20.1. The molecular weight excluding hydrogens is 344 g/mol. The Morgan fingerprint density at radius 1 is 1.19 bits per heavy atom. The van der Waals surface area contributed by atoms with Gasteiger partial charge in [0.1, 0.15) is 11.4 Å². The van der Waals surface area contributed by atoms with Crippen molar-refractivity contribution in [2.45, 2.75) is 6.54 Å². The highest BCUT2D eigenvalue weighted by atomic mass is 19.2. The minimum absolute atomic E-state index is 0.0111. The van der Waals surface area contributed by atoms with Gasteiger partial charge in [-0.15, -0.1) is 0 Å². The van der Waals surface area contributed by atoms with Crippen molar-refractivity contribution in [2.24, 2.45) is 0 Å². The van der Waals surface area contributed by atoms with E-state index in [1.807, 2.05) is 0 Å². The van der Waals surface area contributed by atoms with Crippen molar-refractivity contribution in [1.82, 2.24) is 25.1 Å². The zero-order valence-electron chi connectivity index (χ0n) is 13.7. The molecule has 1 aliphatic heterocycles. The molecule has 1 N–H and O–H groups in total. The first-order chi connectivity index (χ1) is 12.6. The summed E-state index contributed by atoms with van der Waals surface area (Å²) in [6.07, 6.45) is 1.43. The summed E-state index contributed by atoms with van der Waals surface area (Å²) in [5.41, 5.74) is 1.19. The lowest BCUT2D eigenvalue weighted by Crippen LogP contribution is -2.35. The number of aromatic nitrogens is 4. The van der Waals surface area contributed by atoms with Crippen molar-refractivity contribution in [3.05, 3.63) is 47.8 Å². The van der Waals surface area contributed by atoms with Crippen LogP contribution >= 0.6 is 0 Å². The summed E-state index contributed by atoms with van der Waals surface area (Å²) in [6, 6.07) is 5.85. The van der Waals surface area contributed by atoms with Crippen molar-refractivity contribution in [3.63, 3.8) is 0 Å². The van der Waals surface area contributed by atoms with E-state index in [2.05, 4.69) is 20.4 Å². The monoisotopic (exact) mass is 357 g/mol. The molecule has 3 aromatic rings. The van der Waals surface area contributed by atoms with Gasteiger partial charge in [0, 0.05) is 12.7 Å². The molecule has 1 aromatic carbocycles. The lowest BCUT2D eigenvalue weighted by Gasteiger charge is -2.13. The van der Waals surface area contributed by atoms with Gasteiger partial charge < -0.3 is 10.1 Å². The maximum atomic E-state index is 14.3. The fourth-order valence-corrected chi connectivity index (χ4v) is 2.75. The molecular formula is C17H13F2N5O2. The summed E-state index contributed by atoms with van der Waals surface area (Å²) in [5, 5.41) is 7.08. The summed E-state index contributed by atoms with van der Waals surface area (Å²) >= 11 is 0. The van der Waals surface area contributed by atoms with Crippen molar-refractivity contribution in [3.8, 4) is 28.5 Å². The molecule has 2 aromatic heterocycles. The van der Waals surface area contributed by atoms with Crippen LogP contribution in [0.2, 0.25) is 0 Å². The second-order valence-corrected chi connectivity index (χ2v) is 5.60. The predicted octanol–water partition coefficient (Wildman–Crippen LogP) is 2.04. The van der Waals surface area contributed by atoms with Gasteiger partial charge in [0.25, 0.3) is 5.91 Å². The summed E-state index contributed by atoms with van der Waals surface area (Å²) in [6.45, 7) is 1.05. The van der Waals surface area contributed by atoms with Crippen molar-refractivity contribution >= 4 is 5.91 Å². The van der Waals surface area contributed by atoms with Crippen LogP contribution in [0.25, 0.3) is 22.8 Å². The van der Waals surface area contributed by atoms with Gasteiger partial charge in [0.2, 0.25) is 5.82 Å². The first kappa shape index (κ1) is 16.1. The van der Waals surface area contributed by atoms with Crippen LogP contribution in [0, 0.1) is 11.6 Å². The van der Waals surface area contributed by atoms with Gasteiger partial charge in [0.15, 0.2) is 17.4 Å². The fraction of sp³-hybridized carbons (Fsp3) is 0.176. The van der Waals surface area contributed by atoms with E-state index >= 15 is 0 Å². The van der Waals surface area contributed by atoms with Crippen molar-refractivity contribution < 1.29 is 18.3 Å². The standard InChI is InChI=1S/C17H13F2N5O2/c1-26-13-3-2-9(14(18)15(13)19)16-20-5-4-10(22-16)11-8-12-17(25)21-6-7-24(12)23-11/h2-5,8H,6-7H2,1H3,(H,21,25). The Hall–Kier alpha value is -3.36. The fourth-order valence-electron chi connectivity index (χ4n) is 2.75. The molecule has 1 amide bonds. The van der Waals surface area contributed by atoms with E-state index in [9.17, 15) is 13.6 Å². The van der Waals surface area contributed by atoms with E-state index < -0.39 is 11.6 Å². The Labute approximate surface area is 146 Å². The lowest BCUT2D eigenvalue weighted by molar-refractivity contribution is 0.0924. The third-order valence-electron chi connectivity index (χ3n) is 4.05. The molecule has 26 heavy (non-hydrogen) atoms. The molecule has 0 atom stereocenters. The van der Waals surface area contributed by atoms with Gasteiger partial charge in [-0.1, -0.05) is 0 Å². The van der Waals surface area contributed by atoms with Crippen LogP contribution in [0.15, 0.2) is 30.5 Å². The van der Waals surface area contributed by atoms with Crippen molar-refractivity contribution in [1.29, 1.82) is 0 Å². The number of nitrogens with zero attached hydrogens (tertiary/aromatic N) is 4. The molecule has 0 unspecified atom stereocenters. The zero-order valence-corrected chi connectivity index (χ0v) is 13.7. The number of methoxy groups -OCH3 is 1. The van der Waals surface area contributed by atoms with Crippen LogP contribution in [0.5, 0.6) is 5.75 Å². The SMILES string of the molecule is COc1ccc(-c2nccc(-c3cc4n(n3)CCNC4=O)n2)c(F)c1F. The van der Waals surface area contributed by atoms with Gasteiger partial charge in [-0.2, -0.15) is 9.49 Å². The molecule has 0 radical (unpaired) electrons. The van der Waals surface area contributed by atoms with E-state index in [0.717, 1.165) is 0 Å². The molecule has 7 nitrogen and oxygen atoms in total. The highest BCUT2D eigenvalue weighted by Gasteiger charge is 2.21. The van der Waals surface area contributed by atoms with Gasteiger partial charge in [0.05, 0.1) is 24.9 Å². The molecule has 0 spiro atoms. The Balaban J connectivity index is 1.77. The Morgan fingerprint density at radius 2 is 2.04 bits per heavy atom. The maximum Gasteiger partial charge on any atom is 0.269 e. The van der Waals surface area contributed by atoms with E-state index in [4.69, 9.17) is 4.74 Å². The summed E-state index contributed by atoms with van der Waals surface area (Å²) in [5.74, 6) is -2.60. The largest absolute Gasteiger partial charge is 0.494 e. The van der Waals surface area contributed by atoms with Crippen LogP contribution in [-0.2, 0) is 6.54 Å². The molecule has 0 bridgehead atoms. The van der Waals surface area contributed by atoms with E-state index in [0.29, 0.717) is 30.2 Å². The topological polar surface area (TPSA) is 81.9 Å². The van der Waals surface area contributed by atoms with Gasteiger partial charge >= 0.3 is 0 Å². The number of nitrogens with one attached hydrogen (secondary N) is 1. The minimum atomic E-state index is -1.10. The number of rotatable bonds is 3. The highest BCUT2D eigenvalue weighted by Crippen LogP contribution is 2.29. The number of hydrogen-bond acceptors (Lipinski definition) is 5. The zero-order chi connectivity index (χ0) is 18.3. The summed E-state index contributed by atoms with van der Waals surface area (Å²) in [7, 11) is 1.26. The first-order valence-electron chi connectivity index (χ1n) is 7.80. The smallest absolute Gasteiger partial charge is 0.269 e. The average molecular weight is 357 g/mol. The molecule has 0 fully saturated rings. The quantitative estimate of drug-likeness (QED) is 0.776. The number of ether oxygens (including phenoxy) is 1. The number of amides is 1. The molecule has 1 aliphatic rings. The van der Waals surface area contributed by atoms with Crippen LogP contribution in [0.3, 0.4) is 0 Å². The number of hydrogen-bond donors (Lipinski definition) is 1. The number of halogens is 2. The summed E-state index contributed by atoms with van der Waals surface area (Å²) < 4.78 is 34.6. The Kier molecular flexibility index (Phi) is 3.83. The van der Waals surface area contributed by atoms with Gasteiger partial charge in [-0.3, -0.25) is 9.48 Å². The Bertz CT molecular complexity index is 1020. The van der Waals surface area contributed by atoms with Gasteiger partial charge in [-0.25, -0.2) is 14.4 Å². The van der Waals surface area contributed by atoms with Crippen LogP contribution in [-0.4, -0.2) is 39.3 Å². The van der Waals surface area contributed by atoms with E-state index in [1.165, 1.54) is 25.4 Å². The number of carbonyl (C=O) groups excluding carboxylic acids is 1. The number of benzene rings is 1. The third kappa shape index (κ3) is 2.57. The minimum Gasteiger partial charge on any atom is -0.494 e. The molecule has 4 rings (SSSR count). The molecule has 132 valence electrons. The predicted molar refractivity (Wildman–Crippen MR) is 87.5 cm³/mol. The lowest BCUT2D eigenvalue weighted by atomic mass is 10.1. The van der Waals surface area contributed by atoms with Crippen LogP contribution in [0.1, 0.15) is 10.5 Å². The molecule has 0 aliphatic carbocycles. The molecule has 9 heteroatoms. The van der Waals surface area contributed by atoms with Gasteiger partial charge in [-0.05, 0) is 24.3 Å². The number of fused-ring (bicyclic) bond motifs is 1. The highest BCUT2D eigenvalue weighted by molar-refractivity contribution is 5.94.